The fraction of sp³-hybridized carbons (Fsp3) is 0.652. The van der Waals surface area contributed by atoms with Gasteiger partial charge in [-0.15, -0.1) is 0 Å². The molecule has 0 saturated carbocycles. The van der Waals surface area contributed by atoms with E-state index >= 15 is 0 Å². The molecule has 3 N–H and O–H groups in total. The van der Waals surface area contributed by atoms with Crippen LogP contribution in [0.5, 0.6) is 5.75 Å². The van der Waals surface area contributed by atoms with Gasteiger partial charge in [0.15, 0.2) is 0 Å². The van der Waals surface area contributed by atoms with Crippen molar-refractivity contribution < 1.29 is 19.1 Å². The van der Waals surface area contributed by atoms with Crippen LogP contribution < -0.4 is 20.7 Å². The molecule has 3 heterocycles. The van der Waals surface area contributed by atoms with Crippen molar-refractivity contribution in [3.63, 3.8) is 0 Å². The summed E-state index contributed by atoms with van der Waals surface area (Å²) < 4.78 is 10.9. The second-order valence-electron chi connectivity index (χ2n) is 8.77. The quantitative estimate of drug-likeness (QED) is 0.400. The zero-order valence-corrected chi connectivity index (χ0v) is 19.0. The highest BCUT2D eigenvalue weighted by Crippen LogP contribution is 2.35. The Morgan fingerprint density at radius 2 is 2.00 bits per heavy atom. The van der Waals surface area contributed by atoms with Crippen molar-refractivity contribution in [2.24, 2.45) is 0 Å². The number of hydrogen-bond donors (Lipinski definition) is 3. The molecule has 0 aromatic heterocycles. The minimum atomic E-state index is -0.0800. The second-order valence-corrected chi connectivity index (χ2v) is 10.0. The first kappa shape index (κ1) is 22.3. The molecule has 0 bridgehead atoms. The third-order valence-electron chi connectivity index (χ3n) is 6.86. The molecule has 3 unspecified atom stereocenters. The highest BCUT2D eigenvalue weighted by atomic mass is 32.2. The van der Waals surface area contributed by atoms with Gasteiger partial charge in [0.25, 0.3) is 0 Å². The molecule has 1 aromatic rings. The van der Waals surface area contributed by atoms with Crippen LogP contribution in [0.3, 0.4) is 0 Å². The van der Waals surface area contributed by atoms with Crippen molar-refractivity contribution in [3.8, 4) is 5.75 Å². The van der Waals surface area contributed by atoms with Gasteiger partial charge in [-0.25, -0.2) is 4.79 Å². The predicted molar refractivity (Wildman–Crippen MR) is 122 cm³/mol. The Morgan fingerprint density at radius 3 is 2.74 bits per heavy atom. The number of fused-ring (bicyclic) bond motifs is 1. The number of benzene rings is 1. The van der Waals surface area contributed by atoms with Gasteiger partial charge >= 0.3 is 6.03 Å². The lowest BCUT2D eigenvalue weighted by Gasteiger charge is -2.38. The van der Waals surface area contributed by atoms with Crippen LogP contribution in [0, 0.1) is 0 Å². The molecule has 0 aliphatic carbocycles. The Bertz CT molecular complexity index is 767. The fourth-order valence-electron chi connectivity index (χ4n) is 4.90. The van der Waals surface area contributed by atoms with E-state index in [-0.39, 0.29) is 29.4 Å². The van der Waals surface area contributed by atoms with Crippen molar-refractivity contribution >= 4 is 23.7 Å². The van der Waals surface area contributed by atoms with Gasteiger partial charge in [-0.3, -0.25) is 4.79 Å². The average Bonchev–Trinajstić information content (AvgIpc) is 3.35. The van der Waals surface area contributed by atoms with Gasteiger partial charge in [0.05, 0.1) is 19.2 Å². The molecule has 7 nitrogen and oxygen atoms in total. The summed E-state index contributed by atoms with van der Waals surface area (Å²) in [5, 5.41) is 9.65. The second kappa shape index (κ2) is 10.1. The lowest BCUT2D eigenvalue weighted by molar-refractivity contribution is -0.121. The van der Waals surface area contributed by atoms with Crippen LogP contribution in [0.4, 0.5) is 4.79 Å². The van der Waals surface area contributed by atoms with E-state index in [0.29, 0.717) is 31.4 Å². The van der Waals surface area contributed by atoms with E-state index in [4.69, 9.17) is 9.47 Å². The molecular weight excluding hydrogens is 414 g/mol. The Labute approximate surface area is 188 Å². The van der Waals surface area contributed by atoms with E-state index in [1.54, 1.807) is 7.11 Å². The molecule has 4 rings (SSSR count). The van der Waals surface area contributed by atoms with Crippen molar-refractivity contribution in [1.82, 2.24) is 16.0 Å². The van der Waals surface area contributed by atoms with Gasteiger partial charge in [0, 0.05) is 42.6 Å². The third kappa shape index (κ3) is 5.29. The van der Waals surface area contributed by atoms with Crippen LogP contribution in [0.25, 0.3) is 0 Å². The summed E-state index contributed by atoms with van der Waals surface area (Å²) in [7, 11) is 1.67. The van der Waals surface area contributed by atoms with E-state index in [2.05, 4.69) is 28.1 Å². The zero-order valence-electron chi connectivity index (χ0n) is 18.2. The molecule has 170 valence electrons. The number of amides is 3. The molecule has 3 atom stereocenters. The lowest BCUT2D eigenvalue weighted by Crippen LogP contribution is -2.44. The summed E-state index contributed by atoms with van der Waals surface area (Å²) in [5.74, 6) is 1.94. The normalized spacial score (nSPS) is 26.6. The number of thioether (sulfide) groups is 1. The minimum Gasteiger partial charge on any atom is -0.497 e. The zero-order chi connectivity index (χ0) is 21.7. The summed E-state index contributed by atoms with van der Waals surface area (Å²) in [6.07, 6.45) is 5.27. The number of hydrogen-bond acceptors (Lipinski definition) is 5. The molecule has 3 aliphatic rings. The fourth-order valence-corrected chi connectivity index (χ4v) is 6.45. The molecule has 3 amide bonds. The predicted octanol–water partition coefficient (Wildman–Crippen LogP) is 2.59. The van der Waals surface area contributed by atoms with E-state index in [9.17, 15) is 9.59 Å². The van der Waals surface area contributed by atoms with Crippen LogP contribution in [0.1, 0.15) is 44.1 Å². The third-order valence-corrected chi connectivity index (χ3v) is 8.37. The van der Waals surface area contributed by atoms with Crippen LogP contribution >= 0.6 is 11.8 Å². The lowest BCUT2D eigenvalue weighted by atomic mass is 9.74. The molecule has 8 heteroatoms. The van der Waals surface area contributed by atoms with Crippen molar-refractivity contribution in [1.29, 1.82) is 0 Å². The summed E-state index contributed by atoms with van der Waals surface area (Å²) in [6.45, 7) is 2.07. The number of nitrogens with one attached hydrogen (secondary N) is 3. The Morgan fingerprint density at radius 1 is 1.23 bits per heavy atom. The first-order chi connectivity index (χ1) is 15.1. The standard InChI is InChI=1S/C23H33N3O4S/c1-29-17-8-6-16(7-9-17)23(10-12-30-13-11-23)15-24-20(27)5-3-2-4-19-21-18(14-31-19)25-22(28)26-21/h6-9,18-19,21H,2-5,10-15H2,1H3,(H,24,27)(H2,25,26,28). The Balaban J connectivity index is 1.22. The molecule has 31 heavy (non-hydrogen) atoms. The van der Waals surface area contributed by atoms with E-state index < -0.39 is 0 Å². The van der Waals surface area contributed by atoms with E-state index in [0.717, 1.165) is 43.6 Å². The van der Waals surface area contributed by atoms with Crippen molar-refractivity contribution in [2.75, 3.05) is 32.6 Å². The smallest absolute Gasteiger partial charge is 0.315 e. The monoisotopic (exact) mass is 447 g/mol. The topological polar surface area (TPSA) is 88.7 Å². The molecule has 3 saturated heterocycles. The van der Waals surface area contributed by atoms with E-state index in [1.807, 2.05) is 23.9 Å². The highest BCUT2D eigenvalue weighted by molar-refractivity contribution is 8.00. The van der Waals surface area contributed by atoms with Crippen LogP contribution in [0.15, 0.2) is 24.3 Å². The summed E-state index contributed by atoms with van der Waals surface area (Å²) in [5.41, 5.74) is 1.15. The van der Waals surface area contributed by atoms with Gasteiger partial charge < -0.3 is 25.4 Å². The molecular formula is C23H33N3O4S. The maximum atomic E-state index is 12.5. The number of ether oxygens (including phenoxy) is 2. The van der Waals surface area contributed by atoms with Crippen molar-refractivity contribution in [3.05, 3.63) is 29.8 Å². The summed E-state index contributed by atoms with van der Waals surface area (Å²) in [4.78, 5) is 24.0. The first-order valence-corrected chi connectivity index (χ1v) is 12.3. The number of unbranched alkanes of at least 4 members (excludes halogenated alkanes) is 1. The summed E-state index contributed by atoms with van der Waals surface area (Å²) in [6, 6.07) is 8.66. The van der Waals surface area contributed by atoms with E-state index in [1.165, 1.54) is 5.56 Å². The van der Waals surface area contributed by atoms with Crippen LogP contribution in [-0.2, 0) is 14.9 Å². The molecule has 0 spiro atoms. The van der Waals surface area contributed by atoms with Gasteiger partial charge in [-0.05, 0) is 43.4 Å². The van der Waals surface area contributed by atoms with Crippen LogP contribution in [-0.4, -0.2) is 61.9 Å². The number of rotatable bonds is 9. The largest absolute Gasteiger partial charge is 0.497 e. The van der Waals surface area contributed by atoms with Gasteiger partial charge in [0.2, 0.25) is 5.91 Å². The number of urea groups is 1. The molecule has 1 aromatic carbocycles. The maximum Gasteiger partial charge on any atom is 0.315 e. The Kier molecular flexibility index (Phi) is 7.27. The summed E-state index contributed by atoms with van der Waals surface area (Å²) >= 11 is 1.93. The number of methoxy groups -OCH3 is 1. The maximum absolute atomic E-state index is 12.5. The van der Waals surface area contributed by atoms with Crippen molar-refractivity contribution in [2.45, 2.75) is 61.3 Å². The highest BCUT2D eigenvalue weighted by Gasteiger charge is 2.42. The van der Waals surface area contributed by atoms with Gasteiger partial charge in [-0.1, -0.05) is 18.6 Å². The molecule has 3 aliphatic heterocycles. The van der Waals surface area contributed by atoms with Gasteiger partial charge in [0.1, 0.15) is 5.75 Å². The Hall–Kier alpha value is -1.93. The number of carbonyl (C=O) groups is 2. The molecule has 0 radical (unpaired) electrons. The van der Waals surface area contributed by atoms with Gasteiger partial charge in [-0.2, -0.15) is 11.8 Å². The van der Waals surface area contributed by atoms with Crippen LogP contribution in [0.2, 0.25) is 0 Å². The minimum absolute atomic E-state index is 0.0430. The number of carbonyl (C=O) groups excluding carboxylic acids is 2. The average molecular weight is 448 g/mol. The SMILES string of the molecule is COc1ccc(C2(CNC(=O)CCCCC3SCC4NC(=O)NC43)CCOCC2)cc1. The molecule has 3 fully saturated rings. The first-order valence-electron chi connectivity index (χ1n) is 11.3.